The van der Waals surface area contributed by atoms with Gasteiger partial charge in [0.05, 0.1) is 12.5 Å². The predicted octanol–water partition coefficient (Wildman–Crippen LogP) is 0.295. The number of thioether (sulfide) groups is 1. The number of carbonyl (C=O) groups is 5. The maximum absolute atomic E-state index is 13.5. The molecule has 2 unspecified atom stereocenters. The SMILES string of the molecule is COC(=O)Oc1cccc2c(=O)n(CC(=O)N[C@@H](C(=O)N[C@@H]3C(=O)N4C3SC(C)(C)C4C(=O)O)c3ccc(O)cc3)c(=O)oc12. The Bertz CT molecular complexity index is 1850. The molecular formula is C28H26N4O12S. The quantitative estimate of drug-likeness (QED) is 0.148. The molecule has 2 fully saturated rings. The summed E-state index contributed by atoms with van der Waals surface area (Å²) in [6, 6.07) is 5.48. The third-order valence-corrected chi connectivity index (χ3v) is 8.86. The Morgan fingerprint density at radius 2 is 1.78 bits per heavy atom. The standard InChI is InChI=1S/C28H26N4O12S/c1-28(2)20(25(38)39)32-23(37)18(24(32)45-28)30-21(35)17(12-7-9-13(33)10-8-12)29-16(34)11-31-22(36)14-5-4-6-15(43-27(41)42-3)19(14)44-26(31)40/h4-10,17-18,20,24,33H,11H2,1-3H3,(H,29,34)(H,30,35)(H,38,39)/t17-,18-,20?,24?/m1/s1. The van der Waals surface area contributed by atoms with Crippen LogP contribution in [0, 0.1) is 0 Å². The highest BCUT2D eigenvalue weighted by Crippen LogP contribution is 2.50. The molecule has 236 valence electrons. The van der Waals surface area contributed by atoms with Gasteiger partial charge in [-0.1, -0.05) is 18.2 Å². The van der Waals surface area contributed by atoms with Gasteiger partial charge < -0.3 is 39.6 Å². The van der Waals surface area contributed by atoms with Crippen LogP contribution in [0.2, 0.25) is 0 Å². The van der Waals surface area contributed by atoms with Crippen LogP contribution in [0.5, 0.6) is 11.5 Å². The average molecular weight is 643 g/mol. The number of para-hydroxylation sites is 1. The van der Waals surface area contributed by atoms with Crippen molar-refractivity contribution in [3.05, 3.63) is 68.9 Å². The topological polar surface area (TPSA) is 224 Å². The second kappa shape index (κ2) is 11.6. The Morgan fingerprint density at radius 3 is 2.42 bits per heavy atom. The lowest BCUT2D eigenvalue weighted by atomic mass is 9.95. The highest BCUT2D eigenvalue weighted by Gasteiger charge is 2.64. The zero-order chi connectivity index (χ0) is 32.8. The van der Waals surface area contributed by atoms with Gasteiger partial charge in [0.15, 0.2) is 11.3 Å². The number of carbonyl (C=O) groups excluding carboxylic acids is 4. The molecule has 0 spiro atoms. The monoisotopic (exact) mass is 642 g/mol. The van der Waals surface area contributed by atoms with Gasteiger partial charge in [0.2, 0.25) is 17.7 Å². The fourth-order valence-electron chi connectivity index (χ4n) is 5.21. The van der Waals surface area contributed by atoms with E-state index in [0.29, 0.717) is 4.57 Å². The van der Waals surface area contributed by atoms with E-state index in [4.69, 9.17) is 9.15 Å². The fraction of sp³-hybridized carbons (Fsp3) is 0.321. The van der Waals surface area contributed by atoms with Crippen molar-refractivity contribution in [3.63, 3.8) is 0 Å². The molecule has 4 N–H and O–H groups in total. The zero-order valence-electron chi connectivity index (χ0n) is 23.8. The van der Waals surface area contributed by atoms with Crippen molar-refractivity contribution in [1.82, 2.24) is 20.1 Å². The Morgan fingerprint density at radius 1 is 1.09 bits per heavy atom. The van der Waals surface area contributed by atoms with Gasteiger partial charge in [0.25, 0.3) is 5.56 Å². The minimum Gasteiger partial charge on any atom is -0.508 e. The molecule has 0 bridgehead atoms. The van der Waals surface area contributed by atoms with Crippen LogP contribution in [0.4, 0.5) is 4.79 Å². The molecule has 17 heteroatoms. The van der Waals surface area contributed by atoms with Gasteiger partial charge in [0, 0.05) is 4.75 Å². The maximum Gasteiger partial charge on any atom is 0.513 e. The molecule has 5 rings (SSSR count). The summed E-state index contributed by atoms with van der Waals surface area (Å²) in [7, 11) is 1.06. The van der Waals surface area contributed by atoms with Gasteiger partial charge in [0.1, 0.15) is 35.8 Å². The van der Waals surface area contributed by atoms with Crippen LogP contribution in [0.25, 0.3) is 11.0 Å². The molecule has 3 heterocycles. The molecule has 2 aliphatic heterocycles. The number of aromatic hydroxyl groups is 1. The van der Waals surface area contributed by atoms with Crippen LogP contribution < -0.4 is 26.7 Å². The van der Waals surface area contributed by atoms with Crippen molar-refractivity contribution >= 4 is 52.6 Å². The number of β-lactam (4-membered cyclic amide) rings is 1. The summed E-state index contributed by atoms with van der Waals surface area (Å²) in [5, 5.41) is 23.5. The van der Waals surface area contributed by atoms with E-state index in [1.165, 1.54) is 59.1 Å². The van der Waals surface area contributed by atoms with E-state index in [-0.39, 0.29) is 28.0 Å². The second-order valence-electron chi connectivity index (χ2n) is 10.6. The summed E-state index contributed by atoms with van der Waals surface area (Å²) >= 11 is 1.21. The van der Waals surface area contributed by atoms with Gasteiger partial charge in [-0.3, -0.25) is 19.2 Å². The van der Waals surface area contributed by atoms with Crippen molar-refractivity contribution < 1.29 is 48.1 Å². The molecule has 1 aromatic heterocycles. The van der Waals surface area contributed by atoms with Crippen molar-refractivity contribution in [2.75, 3.05) is 7.11 Å². The normalized spacial score (nSPS) is 20.5. The Labute approximate surface area is 256 Å². The number of nitrogens with zero attached hydrogens (tertiary/aromatic N) is 2. The molecule has 0 aliphatic carbocycles. The summed E-state index contributed by atoms with van der Waals surface area (Å²) in [4.78, 5) is 90.0. The number of rotatable bonds is 8. The first-order valence-electron chi connectivity index (χ1n) is 13.3. The number of hydrogen-bond acceptors (Lipinski definition) is 12. The third-order valence-electron chi connectivity index (χ3n) is 7.29. The molecule has 2 aromatic carbocycles. The van der Waals surface area contributed by atoms with Crippen molar-refractivity contribution in [1.29, 1.82) is 0 Å². The summed E-state index contributed by atoms with van der Waals surface area (Å²) in [5.74, 6) is -5.25. The first-order valence-corrected chi connectivity index (χ1v) is 14.2. The van der Waals surface area contributed by atoms with Gasteiger partial charge in [-0.25, -0.2) is 19.0 Å². The van der Waals surface area contributed by atoms with Crippen molar-refractivity contribution in [3.8, 4) is 11.5 Å². The number of aromatic nitrogens is 1. The Balaban J connectivity index is 1.38. The smallest absolute Gasteiger partial charge is 0.508 e. The first kappa shape index (κ1) is 31.1. The van der Waals surface area contributed by atoms with Gasteiger partial charge in [-0.05, 0) is 43.7 Å². The number of carboxylic acid groups (broad SMARTS) is 1. The van der Waals surface area contributed by atoms with E-state index >= 15 is 0 Å². The molecule has 0 radical (unpaired) electrons. The number of phenolic OH excluding ortho intramolecular Hbond substituents is 1. The number of ether oxygens (including phenoxy) is 2. The van der Waals surface area contributed by atoms with Crippen LogP contribution in [-0.2, 0) is 30.5 Å². The van der Waals surface area contributed by atoms with Crippen LogP contribution >= 0.6 is 11.8 Å². The molecule has 16 nitrogen and oxygen atoms in total. The Kier molecular flexibility index (Phi) is 8.05. The number of hydrogen-bond donors (Lipinski definition) is 4. The maximum atomic E-state index is 13.5. The van der Waals surface area contributed by atoms with E-state index in [2.05, 4.69) is 15.4 Å². The molecule has 2 aliphatic rings. The number of amides is 3. The number of carboxylic acids is 1. The fourth-order valence-corrected chi connectivity index (χ4v) is 6.83. The van der Waals surface area contributed by atoms with E-state index in [1.54, 1.807) is 13.8 Å². The van der Waals surface area contributed by atoms with Gasteiger partial charge in [-0.2, -0.15) is 0 Å². The lowest BCUT2D eigenvalue weighted by Gasteiger charge is -2.44. The number of fused-ring (bicyclic) bond motifs is 2. The highest BCUT2D eigenvalue weighted by molar-refractivity contribution is 8.01. The molecule has 4 atom stereocenters. The molecule has 3 aromatic rings. The van der Waals surface area contributed by atoms with Crippen molar-refractivity contribution in [2.24, 2.45) is 0 Å². The highest BCUT2D eigenvalue weighted by atomic mass is 32.2. The van der Waals surface area contributed by atoms with Crippen LogP contribution in [0.1, 0.15) is 25.5 Å². The Hall–Kier alpha value is -5.32. The van der Waals surface area contributed by atoms with Gasteiger partial charge >= 0.3 is 17.9 Å². The molecule has 3 amide bonds. The van der Waals surface area contributed by atoms with E-state index in [0.717, 1.165) is 7.11 Å². The summed E-state index contributed by atoms with van der Waals surface area (Å²) in [6.07, 6.45) is -1.12. The minimum atomic E-state index is -1.46. The predicted molar refractivity (Wildman–Crippen MR) is 154 cm³/mol. The first-order chi connectivity index (χ1) is 21.2. The number of nitrogens with one attached hydrogen (secondary N) is 2. The third kappa shape index (κ3) is 5.68. The number of benzene rings is 2. The lowest BCUT2D eigenvalue weighted by Crippen LogP contribution is -2.71. The zero-order valence-corrected chi connectivity index (χ0v) is 24.7. The van der Waals surface area contributed by atoms with E-state index in [1.807, 2.05) is 0 Å². The largest absolute Gasteiger partial charge is 0.513 e. The van der Waals surface area contributed by atoms with Crippen LogP contribution in [-0.4, -0.2) is 78.8 Å². The molecule has 2 saturated heterocycles. The van der Waals surface area contributed by atoms with E-state index < -0.39 is 76.0 Å². The summed E-state index contributed by atoms with van der Waals surface area (Å²) in [6.45, 7) is 2.47. The number of methoxy groups -OCH3 is 1. The summed E-state index contributed by atoms with van der Waals surface area (Å²) in [5.41, 5.74) is -1.12. The van der Waals surface area contributed by atoms with E-state index in [9.17, 15) is 43.8 Å². The lowest BCUT2D eigenvalue weighted by molar-refractivity contribution is -0.161. The average Bonchev–Trinajstić information content (AvgIpc) is 3.25. The number of phenols is 1. The molecule has 45 heavy (non-hydrogen) atoms. The van der Waals surface area contributed by atoms with Crippen LogP contribution in [0.15, 0.2) is 56.5 Å². The number of aliphatic carboxylic acids is 1. The van der Waals surface area contributed by atoms with Gasteiger partial charge in [-0.15, -0.1) is 11.8 Å². The second-order valence-corrected chi connectivity index (χ2v) is 12.4. The molecular weight excluding hydrogens is 616 g/mol. The minimum absolute atomic E-state index is 0.130. The van der Waals surface area contributed by atoms with Crippen molar-refractivity contribution in [2.45, 2.75) is 48.6 Å². The molecule has 0 saturated carbocycles. The summed E-state index contributed by atoms with van der Waals surface area (Å²) < 4.78 is 14.1. The van der Waals surface area contributed by atoms with Crippen LogP contribution in [0.3, 0.4) is 0 Å².